The highest BCUT2D eigenvalue weighted by molar-refractivity contribution is 7.14. The molecule has 1 aromatic carbocycles. The van der Waals surface area contributed by atoms with E-state index in [1.165, 1.54) is 11.3 Å². The Morgan fingerprint density at radius 3 is 2.41 bits per heavy atom. The van der Waals surface area contributed by atoms with E-state index in [-0.39, 0.29) is 17.7 Å². The van der Waals surface area contributed by atoms with Crippen molar-refractivity contribution in [3.63, 3.8) is 0 Å². The average Bonchev–Trinajstić information content (AvgIpc) is 3.04. The number of carbonyl (C=O) groups is 2. The van der Waals surface area contributed by atoms with Crippen molar-refractivity contribution < 1.29 is 9.59 Å². The number of aryl methyl sites for hydroxylation is 2. The Labute approximate surface area is 177 Å². The molecule has 0 aliphatic carbocycles. The number of amides is 2. The highest BCUT2D eigenvalue weighted by Gasteiger charge is 2.26. The first kappa shape index (κ1) is 21.5. The Morgan fingerprint density at radius 1 is 1.17 bits per heavy atom. The maximum absolute atomic E-state index is 13.0. The molecular weight excluding hydrogens is 382 g/mol. The summed E-state index contributed by atoms with van der Waals surface area (Å²) in [5.41, 5.74) is 2.98. The van der Waals surface area contributed by atoms with Crippen molar-refractivity contribution in [3.8, 4) is 0 Å². The van der Waals surface area contributed by atoms with Crippen molar-refractivity contribution in [1.29, 1.82) is 0 Å². The Kier molecular flexibility index (Phi) is 6.42. The van der Waals surface area contributed by atoms with Crippen LogP contribution in [0, 0.1) is 25.7 Å². The van der Waals surface area contributed by atoms with Gasteiger partial charge in [-0.2, -0.15) is 0 Å². The molecule has 29 heavy (non-hydrogen) atoms. The van der Waals surface area contributed by atoms with Crippen LogP contribution in [-0.4, -0.2) is 34.8 Å². The lowest BCUT2D eigenvalue weighted by Gasteiger charge is -2.35. The molecule has 1 aromatic heterocycles. The lowest BCUT2D eigenvalue weighted by atomic mass is 9.91. The summed E-state index contributed by atoms with van der Waals surface area (Å²) in [4.78, 5) is 33.0. The monoisotopic (exact) mass is 413 g/mol. The highest BCUT2D eigenvalue weighted by atomic mass is 32.1. The number of thiazole rings is 1. The Balaban J connectivity index is 1.80. The third kappa shape index (κ3) is 4.86. The molecule has 3 rings (SSSR count). The summed E-state index contributed by atoms with van der Waals surface area (Å²) in [6.07, 6.45) is 1.16. The fraction of sp³-hybridized carbons (Fsp3) is 0.522. The number of hydrogen-bond acceptors (Lipinski definition) is 4. The van der Waals surface area contributed by atoms with Crippen molar-refractivity contribution in [2.75, 3.05) is 18.4 Å². The molecule has 2 amide bonds. The zero-order chi connectivity index (χ0) is 21.3. The minimum Gasteiger partial charge on any atom is -0.338 e. The van der Waals surface area contributed by atoms with Gasteiger partial charge in [-0.1, -0.05) is 33.8 Å². The van der Waals surface area contributed by atoms with Gasteiger partial charge in [-0.05, 0) is 49.8 Å². The van der Waals surface area contributed by atoms with Crippen molar-refractivity contribution in [1.82, 2.24) is 9.88 Å². The van der Waals surface area contributed by atoms with Crippen LogP contribution in [0.4, 0.5) is 5.69 Å². The van der Waals surface area contributed by atoms with Gasteiger partial charge in [-0.25, -0.2) is 4.98 Å². The fourth-order valence-corrected chi connectivity index (χ4v) is 4.92. The second-order valence-corrected chi connectivity index (χ2v) is 9.79. The molecular formula is C23H31N3O2S. The van der Waals surface area contributed by atoms with Crippen LogP contribution in [0.2, 0.25) is 0 Å². The van der Waals surface area contributed by atoms with Crippen molar-refractivity contribution >= 4 is 28.8 Å². The standard InChI is InChI=1S/C23H31N3O2S/c1-13(2)22-24-17(6)20(29-22)21(27)25-19-10-18(8-7-16(19)5)23(28)26-11-14(3)9-15(4)12-26/h7-8,10,13-15H,9,11-12H2,1-6H3,(H,25,27). The molecule has 0 saturated carbocycles. The van der Waals surface area contributed by atoms with Gasteiger partial charge < -0.3 is 10.2 Å². The summed E-state index contributed by atoms with van der Waals surface area (Å²) in [5, 5.41) is 3.96. The molecule has 5 nitrogen and oxygen atoms in total. The number of carbonyl (C=O) groups excluding carboxylic acids is 2. The summed E-state index contributed by atoms with van der Waals surface area (Å²) < 4.78 is 0. The van der Waals surface area contributed by atoms with E-state index in [4.69, 9.17) is 0 Å². The largest absolute Gasteiger partial charge is 0.338 e. The van der Waals surface area contributed by atoms with Crippen LogP contribution in [0.3, 0.4) is 0 Å². The summed E-state index contributed by atoms with van der Waals surface area (Å²) >= 11 is 1.44. The van der Waals surface area contributed by atoms with E-state index in [1.54, 1.807) is 6.07 Å². The molecule has 1 N–H and O–H groups in total. The van der Waals surface area contributed by atoms with E-state index < -0.39 is 0 Å². The van der Waals surface area contributed by atoms with Crippen molar-refractivity contribution in [2.45, 2.75) is 53.9 Å². The third-order valence-corrected chi connectivity index (χ3v) is 6.86. The lowest BCUT2D eigenvalue weighted by molar-refractivity contribution is 0.0623. The predicted octanol–water partition coefficient (Wildman–Crippen LogP) is 5.25. The van der Waals surface area contributed by atoms with Crippen LogP contribution >= 0.6 is 11.3 Å². The molecule has 1 fully saturated rings. The molecule has 0 bridgehead atoms. The van der Waals surface area contributed by atoms with E-state index in [1.807, 2.05) is 30.9 Å². The smallest absolute Gasteiger partial charge is 0.267 e. The zero-order valence-electron chi connectivity index (χ0n) is 18.2. The molecule has 2 unspecified atom stereocenters. The van der Waals surface area contributed by atoms with Gasteiger partial charge in [0.05, 0.1) is 10.7 Å². The molecule has 2 heterocycles. The summed E-state index contributed by atoms with van der Waals surface area (Å²) in [5.74, 6) is 1.18. The SMILES string of the molecule is Cc1ccc(C(=O)N2CC(C)CC(C)C2)cc1NC(=O)c1sc(C(C)C)nc1C. The van der Waals surface area contributed by atoms with Gasteiger partial charge in [-0.15, -0.1) is 11.3 Å². The number of benzene rings is 1. The normalized spacial score (nSPS) is 19.5. The third-order valence-electron chi connectivity index (χ3n) is 5.40. The van der Waals surface area contributed by atoms with E-state index in [9.17, 15) is 9.59 Å². The van der Waals surface area contributed by atoms with Crippen molar-refractivity contribution in [3.05, 3.63) is 44.9 Å². The molecule has 1 aliphatic rings. The highest BCUT2D eigenvalue weighted by Crippen LogP contribution is 2.27. The minimum atomic E-state index is -0.167. The molecule has 1 aliphatic heterocycles. The Bertz CT molecular complexity index is 909. The number of likely N-dealkylation sites (tertiary alicyclic amines) is 1. The summed E-state index contributed by atoms with van der Waals surface area (Å²) in [7, 11) is 0. The van der Waals surface area contributed by atoms with Crippen LogP contribution in [0.15, 0.2) is 18.2 Å². The summed E-state index contributed by atoms with van der Waals surface area (Å²) in [6, 6.07) is 5.56. The fourth-order valence-electron chi connectivity index (χ4n) is 3.96. The van der Waals surface area contributed by atoms with Crippen LogP contribution < -0.4 is 5.32 Å². The molecule has 2 aromatic rings. The summed E-state index contributed by atoms with van der Waals surface area (Å²) in [6.45, 7) is 13.9. The molecule has 1 saturated heterocycles. The number of anilines is 1. The average molecular weight is 414 g/mol. The number of piperidine rings is 1. The molecule has 2 atom stereocenters. The van der Waals surface area contributed by atoms with Gasteiger partial charge >= 0.3 is 0 Å². The maximum atomic E-state index is 13.0. The molecule has 0 spiro atoms. The topological polar surface area (TPSA) is 62.3 Å². The lowest BCUT2D eigenvalue weighted by Crippen LogP contribution is -2.42. The Hall–Kier alpha value is -2.21. The van der Waals surface area contributed by atoms with Gasteiger partial charge in [0.25, 0.3) is 11.8 Å². The van der Waals surface area contributed by atoms with Gasteiger partial charge in [-0.3, -0.25) is 9.59 Å². The van der Waals surface area contributed by atoms with Crippen LogP contribution in [0.25, 0.3) is 0 Å². The van der Waals surface area contributed by atoms with Gasteiger partial charge in [0.1, 0.15) is 4.88 Å². The zero-order valence-corrected chi connectivity index (χ0v) is 19.0. The quantitative estimate of drug-likeness (QED) is 0.744. The molecule has 6 heteroatoms. The first-order valence-corrected chi connectivity index (χ1v) is 11.2. The van der Waals surface area contributed by atoms with E-state index in [2.05, 4.69) is 38.0 Å². The number of rotatable bonds is 4. The van der Waals surface area contributed by atoms with E-state index in [0.29, 0.717) is 28.0 Å². The van der Waals surface area contributed by atoms with Gasteiger partial charge in [0, 0.05) is 30.3 Å². The van der Waals surface area contributed by atoms with Crippen LogP contribution in [-0.2, 0) is 0 Å². The first-order chi connectivity index (χ1) is 13.7. The second kappa shape index (κ2) is 8.66. The van der Waals surface area contributed by atoms with Gasteiger partial charge in [0.2, 0.25) is 0 Å². The number of hydrogen-bond donors (Lipinski definition) is 1. The number of aromatic nitrogens is 1. The minimum absolute atomic E-state index is 0.0370. The number of nitrogens with zero attached hydrogens (tertiary/aromatic N) is 2. The van der Waals surface area contributed by atoms with E-state index in [0.717, 1.165) is 35.8 Å². The molecule has 0 radical (unpaired) electrons. The van der Waals surface area contributed by atoms with Gasteiger partial charge in [0.15, 0.2) is 0 Å². The number of nitrogens with one attached hydrogen (secondary N) is 1. The van der Waals surface area contributed by atoms with Crippen LogP contribution in [0.5, 0.6) is 0 Å². The maximum Gasteiger partial charge on any atom is 0.267 e. The van der Waals surface area contributed by atoms with Crippen LogP contribution in [0.1, 0.15) is 76.3 Å². The second-order valence-electron chi connectivity index (χ2n) is 8.76. The molecule has 156 valence electrons. The van der Waals surface area contributed by atoms with E-state index >= 15 is 0 Å². The van der Waals surface area contributed by atoms with Crippen molar-refractivity contribution in [2.24, 2.45) is 11.8 Å². The first-order valence-electron chi connectivity index (χ1n) is 10.3. The predicted molar refractivity (Wildman–Crippen MR) is 119 cm³/mol. The Morgan fingerprint density at radius 2 is 1.83 bits per heavy atom.